The fourth-order valence-corrected chi connectivity index (χ4v) is 5.47. The van der Waals surface area contributed by atoms with Crippen LogP contribution in [-0.4, -0.2) is 34.8 Å². The van der Waals surface area contributed by atoms with E-state index in [4.69, 9.17) is 0 Å². The van der Waals surface area contributed by atoms with E-state index in [1.165, 1.54) is 63.5 Å². The van der Waals surface area contributed by atoms with E-state index in [2.05, 4.69) is 24.0 Å². The number of aliphatic hydroxyl groups is 1. The van der Waals surface area contributed by atoms with Crippen LogP contribution in [0.5, 0.6) is 0 Å². The molecule has 20 heavy (non-hydrogen) atoms. The summed E-state index contributed by atoms with van der Waals surface area (Å²) in [4.78, 5) is 0. The van der Waals surface area contributed by atoms with Crippen LogP contribution in [0.3, 0.4) is 0 Å². The van der Waals surface area contributed by atoms with Gasteiger partial charge in [0.2, 0.25) is 0 Å². The van der Waals surface area contributed by atoms with Crippen molar-refractivity contribution in [3.63, 3.8) is 0 Å². The first-order valence-electron chi connectivity index (χ1n) is 8.78. The maximum Gasteiger partial charge on any atom is 0.0616 e. The summed E-state index contributed by atoms with van der Waals surface area (Å²) in [6, 6.07) is 0. The van der Waals surface area contributed by atoms with E-state index in [-0.39, 0.29) is 5.54 Å². The van der Waals surface area contributed by atoms with Gasteiger partial charge in [-0.1, -0.05) is 32.6 Å². The highest BCUT2D eigenvalue weighted by atomic mass is 32.2. The largest absolute Gasteiger partial charge is 0.394 e. The molecule has 2 atom stereocenters. The highest BCUT2D eigenvalue weighted by molar-refractivity contribution is 7.99. The van der Waals surface area contributed by atoms with E-state index in [9.17, 15) is 5.11 Å². The van der Waals surface area contributed by atoms with E-state index >= 15 is 0 Å². The molecule has 2 N–H and O–H groups in total. The van der Waals surface area contributed by atoms with Crippen LogP contribution in [0.2, 0.25) is 0 Å². The summed E-state index contributed by atoms with van der Waals surface area (Å²) >= 11 is 2.21. The van der Waals surface area contributed by atoms with Crippen LogP contribution in [0.4, 0.5) is 0 Å². The number of hydrogen-bond donors (Lipinski definition) is 2. The Balaban J connectivity index is 1.74. The van der Waals surface area contributed by atoms with Crippen molar-refractivity contribution in [3.05, 3.63) is 0 Å². The van der Waals surface area contributed by atoms with Crippen molar-refractivity contribution < 1.29 is 5.11 Å². The van der Waals surface area contributed by atoms with Gasteiger partial charge in [-0.15, -0.1) is 0 Å². The summed E-state index contributed by atoms with van der Waals surface area (Å²) < 4.78 is 0. The van der Waals surface area contributed by atoms with Gasteiger partial charge in [-0.25, -0.2) is 0 Å². The standard InChI is InChI=1S/C17H33NOS/c1-2-12-18-17(14-19)11-6-7-15(17)10-13-20-16-8-4-3-5-9-16/h15-16,18-19H,2-14H2,1H3. The minimum Gasteiger partial charge on any atom is -0.394 e. The molecule has 0 aromatic heterocycles. The Hall–Kier alpha value is 0.270. The first kappa shape index (κ1) is 16.6. The maximum atomic E-state index is 9.89. The molecular weight excluding hydrogens is 266 g/mol. The summed E-state index contributed by atoms with van der Waals surface area (Å²) in [5.74, 6) is 1.99. The molecule has 118 valence electrons. The third-order valence-electron chi connectivity index (χ3n) is 5.34. The van der Waals surface area contributed by atoms with E-state index in [0.29, 0.717) is 12.5 Å². The van der Waals surface area contributed by atoms with Gasteiger partial charge in [0.25, 0.3) is 0 Å². The Morgan fingerprint density at radius 2 is 1.95 bits per heavy atom. The zero-order valence-electron chi connectivity index (χ0n) is 13.2. The predicted octanol–water partition coefficient (Wildman–Crippen LogP) is 3.97. The van der Waals surface area contributed by atoms with E-state index in [1.807, 2.05) is 0 Å². The lowest BCUT2D eigenvalue weighted by Gasteiger charge is -2.35. The second-order valence-electron chi connectivity index (χ2n) is 6.75. The summed E-state index contributed by atoms with van der Waals surface area (Å²) in [6.45, 7) is 3.58. The van der Waals surface area contributed by atoms with Crippen LogP contribution in [-0.2, 0) is 0 Å². The fraction of sp³-hybridized carbons (Fsp3) is 1.00. The molecule has 2 fully saturated rings. The van der Waals surface area contributed by atoms with Crippen LogP contribution in [0.15, 0.2) is 0 Å². The van der Waals surface area contributed by atoms with Gasteiger partial charge in [-0.2, -0.15) is 11.8 Å². The number of nitrogens with one attached hydrogen (secondary N) is 1. The summed E-state index contributed by atoms with van der Waals surface area (Å²) in [6.07, 6.45) is 13.4. The molecule has 0 aromatic carbocycles. The van der Waals surface area contributed by atoms with E-state index in [1.54, 1.807) is 0 Å². The van der Waals surface area contributed by atoms with Gasteiger partial charge < -0.3 is 10.4 Å². The Bertz CT molecular complexity index is 268. The number of aliphatic hydroxyl groups excluding tert-OH is 1. The lowest BCUT2D eigenvalue weighted by Crippen LogP contribution is -2.51. The van der Waals surface area contributed by atoms with E-state index in [0.717, 1.165) is 18.2 Å². The van der Waals surface area contributed by atoms with Crippen molar-refractivity contribution in [1.82, 2.24) is 5.32 Å². The molecule has 0 radical (unpaired) electrons. The molecule has 0 aromatic rings. The first-order chi connectivity index (χ1) is 9.80. The summed E-state index contributed by atoms with van der Waals surface area (Å²) in [5.41, 5.74) is 0.0448. The predicted molar refractivity (Wildman–Crippen MR) is 89.4 cm³/mol. The second kappa shape index (κ2) is 8.65. The lowest BCUT2D eigenvalue weighted by molar-refractivity contribution is 0.122. The molecule has 0 heterocycles. The average Bonchev–Trinajstić information content (AvgIpc) is 2.90. The average molecular weight is 300 g/mol. The molecule has 2 unspecified atom stereocenters. The third-order valence-corrected chi connectivity index (χ3v) is 6.75. The Morgan fingerprint density at radius 1 is 1.15 bits per heavy atom. The molecule has 0 amide bonds. The molecule has 0 bridgehead atoms. The maximum absolute atomic E-state index is 9.89. The quantitative estimate of drug-likeness (QED) is 0.711. The molecule has 2 aliphatic rings. The molecule has 2 aliphatic carbocycles. The monoisotopic (exact) mass is 299 g/mol. The molecule has 2 rings (SSSR count). The van der Waals surface area contributed by atoms with E-state index < -0.39 is 0 Å². The summed E-state index contributed by atoms with van der Waals surface area (Å²) in [5, 5.41) is 14.5. The fourth-order valence-electron chi connectivity index (χ4n) is 4.04. The SMILES string of the molecule is CCCNC1(CO)CCCC1CCSC1CCCCC1. The van der Waals surface area contributed by atoms with Crippen molar-refractivity contribution in [2.45, 2.75) is 81.9 Å². The van der Waals surface area contributed by atoms with Gasteiger partial charge in [0, 0.05) is 10.8 Å². The van der Waals surface area contributed by atoms with Gasteiger partial charge in [0.05, 0.1) is 6.61 Å². The van der Waals surface area contributed by atoms with Gasteiger partial charge in [0.15, 0.2) is 0 Å². The molecular formula is C17H33NOS. The van der Waals surface area contributed by atoms with Crippen molar-refractivity contribution >= 4 is 11.8 Å². The van der Waals surface area contributed by atoms with Crippen LogP contribution in [0.25, 0.3) is 0 Å². The normalized spacial score (nSPS) is 31.8. The van der Waals surface area contributed by atoms with Crippen molar-refractivity contribution in [1.29, 1.82) is 0 Å². The van der Waals surface area contributed by atoms with Crippen LogP contribution >= 0.6 is 11.8 Å². The topological polar surface area (TPSA) is 32.3 Å². The number of thioether (sulfide) groups is 1. The smallest absolute Gasteiger partial charge is 0.0616 e. The Kier molecular flexibility index (Phi) is 7.20. The Morgan fingerprint density at radius 3 is 2.65 bits per heavy atom. The van der Waals surface area contributed by atoms with Crippen molar-refractivity contribution in [3.8, 4) is 0 Å². The van der Waals surface area contributed by atoms with Crippen LogP contribution in [0.1, 0.15) is 71.1 Å². The van der Waals surface area contributed by atoms with Gasteiger partial charge in [-0.3, -0.25) is 0 Å². The molecule has 2 saturated carbocycles. The van der Waals surface area contributed by atoms with Crippen LogP contribution in [0, 0.1) is 5.92 Å². The second-order valence-corrected chi connectivity index (χ2v) is 8.16. The molecule has 2 nitrogen and oxygen atoms in total. The first-order valence-corrected chi connectivity index (χ1v) is 9.83. The highest BCUT2D eigenvalue weighted by Gasteiger charge is 2.41. The lowest BCUT2D eigenvalue weighted by atomic mass is 9.85. The Labute approximate surface area is 129 Å². The molecule has 3 heteroatoms. The highest BCUT2D eigenvalue weighted by Crippen LogP contribution is 2.39. The summed E-state index contributed by atoms with van der Waals surface area (Å²) in [7, 11) is 0. The van der Waals surface area contributed by atoms with Gasteiger partial charge in [-0.05, 0) is 56.7 Å². The van der Waals surface area contributed by atoms with Crippen molar-refractivity contribution in [2.75, 3.05) is 18.9 Å². The zero-order chi connectivity index (χ0) is 14.3. The van der Waals surface area contributed by atoms with Gasteiger partial charge in [0.1, 0.15) is 0 Å². The molecule has 0 saturated heterocycles. The zero-order valence-corrected chi connectivity index (χ0v) is 14.0. The minimum absolute atomic E-state index is 0.0448. The molecule has 0 spiro atoms. The molecule has 0 aliphatic heterocycles. The van der Waals surface area contributed by atoms with Crippen molar-refractivity contribution in [2.24, 2.45) is 5.92 Å². The third kappa shape index (κ3) is 4.38. The number of hydrogen-bond acceptors (Lipinski definition) is 3. The number of rotatable bonds is 8. The minimum atomic E-state index is 0.0448. The van der Waals surface area contributed by atoms with Gasteiger partial charge >= 0.3 is 0 Å². The van der Waals surface area contributed by atoms with Crippen LogP contribution < -0.4 is 5.32 Å².